The van der Waals surface area contributed by atoms with E-state index in [0.29, 0.717) is 22.3 Å². The molecule has 0 amide bonds. The molecule has 3 rings (SSSR count). The van der Waals surface area contributed by atoms with Crippen LogP contribution in [0.25, 0.3) is 5.69 Å². The van der Waals surface area contributed by atoms with Crippen LogP contribution in [0.15, 0.2) is 53.6 Å². The first-order valence-corrected chi connectivity index (χ1v) is 7.54. The van der Waals surface area contributed by atoms with Crippen molar-refractivity contribution >= 4 is 35.1 Å². The first-order chi connectivity index (χ1) is 11.2. The summed E-state index contributed by atoms with van der Waals surface area (Å²) in [7, 11) is 0. The van der Waals surface area contributed by atoms with Gasteiger partial charge in [0.1, 0.15) is 0 Å². The molecule has 0 radical (unpaired) electrons. The smallest absolute Gasteiger partial charge is 0.162 e. The summed E-state index contributed by atoms with van der Waals surface area (Å²) in [6.07, 6.45) is 2.18. The Morgan fingerprint density at radius 1 is 1.00 bits per heavy atom. The van der Waals surface area contributed by atoms with E-state index in [0.717, 1.165) is 11.4 Å². The van der Waals surface area contributed by atoms with Crippen LogP contribution in [0.3, 0.4) is 0 Å². The molecular weight excluding hydrogens is 335 g/mol. The molecule has 2 aromatic carbocycles. The van der Waals surface area contributed by atoms with Gasteiger partial charge in [0.15, 0.2) is 5.82 Å². The standard InChI is InChI=1S/C15H12Cl2N6/c16-11-1-5-13(6-2-11)19-18-10-9-15-20-21-22-23(15)14-7-3-12(17)4-8-14/h1-8,10,19H,9H2/b18-10+. The fourth-order valence-electron chi connectivity index (χ4n) is 1.89. The van der Waals surface area contributed by atoms with Gasteiger partial charge in [0.25, 0.3) is 0 Å². The van der Waals surface area contributed by atoms with Crippen LogP contribution in [-0.4, -0.2) is 26.4 Å². The Morgan fingerprint density at radius 3 is 2.35 bits per heavy atom. The summed E-state index contributed by atoms with van der Waals surface area (Å²) in [5.41, 5.74) is 4.61. The number of tetrazole rings is 1. The van der Waals surface area contributed by atoms with E-state index >= 15 is 0 Å². The highest BCUT2D eigenvalue weighted by Crippen LogP contribution is 2.14. The minimum Gasteiger partial charge on any atom is -0.279 e. The van der Waals surface area contributed by atoms with E-state index in [4.69, 9.17) is 23.2 Å². The molecule has 0 aliphatic carbocycles. The van der Waals surface area contributed by atoms with Crippen LogP contribution < -0.4 is 5.43 Å². The maximum Gasteiger partial charge on any atom is 0.162 e. The molecule has 1 heterocycles. The van der Waals surface area contributed by atoms with Crippen LogP contribution in [0.5, 0.6) is 0 Å². The quantitative estimate of drug-likeness (QED) is 0.566. The normalized spacial score (nSPS) is 11.0. The topological polar surface area (TPSA) is 68.0 Å². The number of rotatable bonds is 5. The van der Waals surface area contributed by atoms with Crippen molar-refractivity contribution in [1.82, 2.24) is 20.2 Å². The molecule has 0 bridgehead atoms. The summed E-state index contributed by atoms with van der Waals surface area (Å²) in [6.45, 7) is 0. The SMILES string of the molecule is Clc1ccc(N/N=C/Cc2nnnn2-c2ccc(Cl)cc2)cc1. The summed E-state index contributed by atoms with van der Waals surface area (Å²) in [4.78, 5) is 0. The monoisotopic (exact) mass is 346 g/mol. The van der Waals surface area contributed by atoms with Gasteiger partial charge in [-0.05, 0) is 59.0 Å². The van der Waals surface area contributed by atoms with Crippen LogP contribution in [0.2, 0.25) is 10.0 Å². The molecule has 0 aliphatic rings. The molecule has 1 aromatic heterocycles. The second-order valence-corrected chi connectivity index (χ2v) is 5.49. The summed E-state index contributed by atoms with van der Waals surface area (Å²) in [5.74, 6) is 0.675. The Labute approximate surface area is 142 Å². The van der Waals surface area contributed by atoms with E-state index in [2.05, 4.69) is 26.1 Å². The number of nitrogens with one attached hydrogen (secondary N) is 1. The van der Waals surface area contributed by atoms with Gasteiger partial charge in [-0.2, -0.15) is 9.78 Å². The van der Waals surface area contributed by atoms with Crippen molar-refractivity contribution < 1.29 is 0 Å². The molecule has 0 fully saturated rings. The lowest BCUT2D eigenvalue weighted by atomic mass is 10.3. The van der Waals surface area contributed by atoms with Crippen LogP contribution in [0.4, 0.5) is 5.69 Å². The summed E-state index contributed by atoms with van der Waals surface area (Å²) < 4.78 is 1.64. The van der Waals surface area contributed by atoms with Gasteiger partial charge in [-0.15, -0.1) is 5.10 Å². The number of benzene rings is 2. The Kier molecular flexibility index (Phi) is 4.85. The van der Waals surface area contributed by atoms with Crippen molar-refractivity contribution in [2.24, 2.45) is 5.10 Å². The Hall–Kier alpha value is -2.44. The molecule has 6 nitrogen and oxygen atoms in total. The van der Waals surface area contributed by atoms with Crippen LogP contribution in [-0.2, 0) is 6.42 Å². The van der Waals surface area contributed by atoms with Gasteiger partial charge in [-0.1, -0.05) is 23.2 Å². The molecule has 0 spiro atoms. The summed E-state index contributed by atoms with van der Waals surface area (Å²) >= 11 is 11.7. The average molecular weight is 347 g/mol. The Bertz CT molecular complexity index is 796. The first-order valence-electron chi connectivity index (χ1n) is 6.79. The minimum atomic E-state index is 0.482. The van der Waals surface area contributed by atoms with Gasteiger partial charge >= 0.3 is 0 Å². The highest BCUT2D eigenvalue weighted by Gasteiger charge is 2.06. The van der Waals surface area contributed by atoms with Crippen LogP contribution in [0.1, 0.15) is 5.82 Å². The van der Waals surface area contributed by atoms with Gasteiger partial charge in [-0.25, -0.2) is 0 Å². The molecule has 0 atom stereocenters. The third-order valence-electron chi connectivity index (χ3n) is 3.01. The largest absolute Gasteiger partial charge is 0.279 e. The first kappa shape index (κ1) is 15.5. The van der Waals surface area contributed by atoms with Crippen LogP contribution >= 0.6 is 23.2 Å². The lowest BCUT2D eigenvalue weighted by Crippen LogP contribution is -2.04. The Morgan fingerprint density at radius 2 is 1.65 bits per heavy atom. The average Bonchev–Trinajstić information content (AvgIpc) is 3.02. The highest BCUT2D eigenvalue weighted by atomic mass is 35.5. The predicted octanol–water partition coefficient (Wildman–Crippen LogP) is 3.61. The number of hydrogen-bond acceptors (Lipinski definition) is 5. The van der Waals surface area contributed by atoms with Crippen molar-refractivity contribution in [3.8, 4) is 5.69 Å². The highest BCUT2D eigenvalue weighted by molar-refractivity contribution is 6.30. The van der Waals surface area contributed by atoms with Gasteiger partial charge in [0.2, 0.25) is 0 Å². The minimum absolute atomic E-state index is 0.482. The maximum atomic E-state index is 5.88. The number of aromatic nitrogens is 4. The van der Waals surface area contributed by atoms with Gasteiger partial charge in [0, 0.05) is 22.7 Å². The number of nitrogens with zero attached hydrogens (tertiary/aromatic N) is 5. The predicted molar refractivity (Wildman–Crippen MR) is 91.4 cm³/mol. The Balaban J connectivity index is 1.65. The van der Waals surface area contributed by atoms with Crippen LogP contribution in [0, 0.1) is 0 Å². The third kappa shape index (κ3) is 4.06. The lowest BCUT2D eigenvalue weighted by Gasteiger charge is -2.03. The summed E-state index contributed by atoms with van der Waals surface area (Å²) in [5, 5.41) is 17.2. The molecule has 0 saturated heterocycles. The fourth-order valence-corrected chi connectivity index (χ4v) is 2.14. The molecule has 3 aromatic rings. The molecule has 1 N–H and O–H groups in total. The molecule has 0 unspecified atom stereocenters. The van der Waals surface area contributed by atoms with Gasteiger partial charge in [-0.3, -0.25) is 5.43 Å². The van der Waals surface area contributed by atoms with Crippen molar-refractivity contribution in [3.05, 3.63) is 64.4 Å². The van der Waals surface area contributed by atoms with Crippen molar-refractivity contribution in [2.45, 2.75) is 6.42 Å². The second kappa shape index (κ2) is 7.21. The lowest BCUT2D eigenvalue weighted by molar-refractivity contribution is 0.776. The van der Waals surface area contributed by atoms with E-state index in [1.807, 2.05) is 24.3 Å². The number of hydrazone groups is 1. The van der Waals surface area contributed by atoms with Crippen molar-refractivity contribution in [2.75, 3.05) is 5.43 Å². The van der Waals surface area contributed by atoms with Crippen molar-refractivity contribution in [3.63, 3.8) is 0 Å². The fraction of sp³-hybridized carbons (Fsp3) is 0.0667. The molecule has 23 heavy (non-hydrogen) atoms. The second-order valence-electron chi connectivity index (χ2n) is 4.62. The van der Waals surface area contributed by atoms with Gasteiger partial charge in [0.05, 0.1) is 11.4 Å². The molecule has 0 aliphatic heterocycles. The molecule has 8 heteroatoms. The van der Waals surface area contributed by atoms with E-state index in [9.17, 15) is 0 Å². The zero-order chi connectivity index (χ0) is 16.1. The van der Waals surface area contributed by atoms with E-state index < -0.39 is 0 Å². The third-order valence-corrected chi connectivity index (χ3v) is 3.51. The zero-order valence-corrected chi connectivity index (χ0v) is 13.4. The summed E-state index contributed by atoms with van der Waals surface area (Å²) in [6, 6.07) is 14.6. The molecule has 0 saturated carbocycles. The zero-order valence-electron chi connectivity index (χ0n) is 11.9. The van der Waals surface area contributed by atoms with Gasteiger partial charge < -0.3 is 0 Å². The van der Waals surface area contributed by atoms with Crippen molar-refractivity contribution in [1.29, 1.82) is 0 Å². The number of hydrogen-bond donors (Lipinski definition) is 1. The number of anilines is 1. The van der Waals surface area contributed by atoms with E-state index in [1.165, 1.54) is 0 Å². The number of halogens is 2. The molecule has 116 valence electrons. The molecular formula is C15H12Cl2N6. The maximum absolute atomic E-state index is 5.88. The van der Waals surface area contributed by atoms with E-state index in [-0.39, 0.29) is 0 Å². The van der Waals surface area contributed by atoms with E-state index in [1.54, 1.807) is 35.2 Å².